The number of carbonyl (C=O) groups excluding carboxylic acids is 1. The Kier molecular flexibility index (Phi) is 7.45. The number of hydrogen-bond donors (Lipinski definition) is 2. The highest BCUT2D eigenvalue weighted by atomic mass is 35.5. The van der Waals surface area contributed by atoms with Crippen molar-refractivity contribution < 1.29 is 40.7 Å². The molecule has 0 aliphatic carbocycles. The molecule has 2 N–H and O–H groups in total. The standard InChI is InChI=1S/C25H26ClF6N2O2/c26-19-3-1-15(2-4-19)21-14-33-8-5-22(21)34(9-6-20(35)7-10-34)23(36)16-11-17(24(27,28)29)13-18(12-16)25(30,31)32/h1-4,11-13,20-22,33,35H,5-10,14H2/q+1/t20-,21?,22-,34+/m1/s1. The summed E-state index contributed by atoms with van der Waals surface area (Å²) in [6.45, 7) is 1.26. The van der Waals surface area contributed by atoms with Crippen LogP contribution in [0.2, 0.25) is 5.02 Å². The number of amides is 1. The SMILES string of the molecule is O=C(c1cc(C(F)(F)F)cc(C(F)(F)F)c1)[N@+]1([C@@H]2CCNCC2c2ccc(Cl)cc2)CC[C@H](O)CC1. The van der Waals surface area contributed by atoms with Gasteiger partial charge >= 0.3 is 18.3 Å². The van der Waals surface area contributed by atoms with Gasteiger partial charge in [-0.3, -0.25) is 4.48 Å². The second-order valence-electron chi connectivity index (χ2n) is 9.53. The van der Waals surface area contributed by atoms with Crippen molar-refractivity contribution in [1.82, 2.24) is 5.32 Å². The van der Waals surface area contributed by atoms with Crippen LogP contribution in [0.1, 0.15) is 52.2 Å². The summed E-state index contributed by atoms with van der Waals surface area (Å²) in [6, 6.07) is 7.70. The summed E-state index contributed by atoms with van der Waals surface area (Å²) in [4.78, 5) is 14.0. The van der Waals surface area contributed by atoms with Crippen LogP contribution in [0.3, 0.4) is 0 Å². The average molecular weight is 536 g/mol. The van der Waals surface area contributed by atoms with Crippen LogP contribution in [0.4, 0.5) is 26.3 Å². The lowest BCUT2D eigenvalue weighted by atomic mass is 9.82. The quantitative estimate of drug-likeness (QED) is 0.395. The number of nitrogens with one attached hydrogen (secondary N) is 1. The number of aliphatic hydroxyl groups excluding tert-OH is 1. The van der Waals surface area contributed by atoms with Gasteiger partial charge in [-0.2, -0.15) is 26.3 Å². The lowest BCUT2D eigenvalue weighted by molar-refractivity contribution is -0.883. The number of likely N-dealkylation sites (tertiary alicyclic amines) is 1. The Hall–Kier alpha value is -2.14. The Balaban J connectivity index is 1.83. The van der Waals surface area contributed by atoms with Crippen LogP contribution in [0.25, 0.3) is 0 Å². The Morgan fingerprint density at radius 1 is 0.917 bits per heavy atom. The van der Waals surface area contributed by atoms with Gasteiger partial charge in [0.2, 0.25) is 0 Å². The highest BCUT2D eigenvalue weighted by molar-refractivity contribution is 6.30. The first-order valence-corrected chi connectivity index (χ1v) is 12.0. The zero-order valence-electron chi connectivity index (χ0n) is 19.2. The summed E-state index contributed by atoms with van der Waals surface area (Å²) in [7, 11) is 0. The number of halogens is 7. The molecule has 36 heavy (non-hydrogen) atoms. The third kappa shape index (κ3) is 5.41. The van der Waals surface area contributed by atoms with Crippen molar-refractivity contribution >= 4 is 17.5 Å². The van der Waals surface area contributed by atoms with E-state index in [9.17, 15) is 36.2 Å². The molecular formula is C25H26ClF6N2O2+. The largest absolute Gasteiger partial charge is 0.416 e. The molecule has 2 aliphatic heterocycles. The Bertz CT molecular complexity index is 1060. The molecule has 4 nitrogen and oxygen atoms in total. The van der Waals surface area contributed by atoms with Crippen molar-refractivity contribution in [2.75, 3.05) is 26.2 Å². The summed E-state index contributed by atoms with van der Waals surface area (Å²) >= 11 is 6.03. The molecule has 2 saturated heterocycles. The minimum Gasteiger partial charge on any atom is -0.393 e. The third-order valence-electron chi connectivity index (χ3n) is 7.34. The normalized spacial score (nSPS) is 27.6. The predicted octanol–water partition coefficient (Wildman–Crippen LogP) is 5.64. The molecule has 0 aromatic heterocycles. The van der Waals surface area contributed by atoms with Gasteiger partial charge in [0.15, 0.2) is 0 Å². The van der Waals surface area contributed by atoms with Crippen LogP contribution in [0.15, 0.2) is 42.5 Å². The summed E-state index contributed by atoms with van der Waals surface area (Å²) in [5, 5.41) is 14.0. The Morgan fingerprint density at radius 3 is 2.00 bits per heavy atom. The molecule has 0 radical (unpaired) electrons. The van der Waals surface area contributed by atoms with Crippen LogP contribution in [0, 0.1) is 0 Å². The Morgan fingerprint density at radius 2 is 1.47 bits per heavy atom. The molecule has 11 heteroatoms. The van der Waals surface area contributed by atoms with E-state index in [0.29, 0.717) is 36.7 Å². The van der Waals surface area contributed by atoms with Crippen molar-refractivity contribution in [2.45, 2.75) is 49.7 Å². The average Bonchev–Trinajstić information content (AvgIpc) is 2.83. The van der Waals surface area contributed by atoms with Crippen LogP contribution in [-0.2, 0) is 12.4 Å². The van der Waals surface area contributed by atoms with Crippen molar-refractivity contribution in [1.29, 1.82) is 0 Å². The van der Waals surface area contributed by atoms with E-state index in [4.69, 9.17) is 11.6 Å². The highest BCUT2D eigenvalue weighted by Gasteiger charge is 2.52. The second-order valence-corrected chi connectivity index (χ2v) is 9.97. The Labute approximate surface area is 209 Å². The molecule has 2 atom stereocenters. The molecule has 2 aromatic carbocycles. The van der Waals surface area contributed by atoms with Crippen LogP contribution < -0.4 is 5.32 Å². The number of hydrogen-bond acceptors (Lipinski definition) is 3. The molecule has 196 valence electrons. The maximum atomic E-state index is 14.0. The zero-order chi connectivity index (χ0) is 26.3. The van der Waals surface area contributed by atoms with E-state index in [1.54, 1.807) is 12.1 Å². The van der Waals surface area contributed by atoms with Crippen molar-refractivity contribution in [2.24, 2.45) is 0 Å². The molecule has 4 rings (SSSR count). The van der Waals surface area contributed by atoms with Gasteiger partial charge in [-0.05, 0) is 35.9 Å². The minimum atomic E-state index is -5.06. The van der Waals surface area contributed by atoms with Crippen LogP contribution >= 0.6 is 11.6 Å². The molecule has 2 heterocycles. The summed E-state index contributed by atoms with van der Waals surface area (Å²) in [6.07, 6.45) is -9.88. The van der Waals surface area contributed by atoms with E-state index in [1.165, 1.54) is 0 Å². The smallest absolute Gasteiger partial charge is 0.393 e. The molecule has 2 aliphatic rings. The van der Waals surface area contributed by atoms with Crippen molar-refractivity contribution in [3.05, 3.63) is 69.7 Å². The summed E-state index contributed by atoms with van der Waals surface area (Å²) in [5.74, 6) is -1.02. The van der Waals surface area contributed by atoms with Crippen molar-refractivity contribution in [3.8, 4) is 0 Å². The second kappa shape index (κ2) is 9.96. The maximum absolute atomic E-state index is 14.0. The van der Waals surface area contributed by atoms with Gasteiger partial charge in [0, 0.05) is 43.3 Å². The lowest BCUT2D eigenvalue weighted by Crippen LogP contribution is -2.67. The lowest BCUT2D eigenvalue weighted by Gasteiger charge is -2.50. The van der Waals surface area contributed by atoms with Gasteiger partial charge in [0.1, 0.15) is 6.04 Å². The van der Waals surface area contributed by atoms with Gasteiger partial charge in [0.05, 0.1) is 35.9 Å². The molecule has 0 bridgehead atoms. The first-order chi connectivity index (χ1) is 16.8. The number of alkyl halides is 6. The fraction of sp³-hybridized carbons (Fsp3) is 0.480. The topological polar surface area (TPSA) is 49.3 Å². The maximum Gasteiger partial charge on any atom is 0.416 e. The number of nitrogens with zero attached hydrogens (tertiary/aromatic N) is 1. The molecule has 2 fully saturated rings. The molecular weight excluding hydrogens is 510 g/mol. The first-order valence-electron chi connectivity index (χ1n) is 11.7. The number of aliphatic hydroxyl groups is 1. The predicted molar refractivity (Wildman–Crippen MR) is 121 cm³/mol. The molecule has 0 saturated carbocycles. The van der Waals surface area contributed by atoms with E-state index in [-0.39, 0.29) is 42.4 Å². The number of quaternary nitrogens is 1. The fourth-order valence-electron chi connectivity index (χ4n) is 5.52. The van der Waals surface area contributed by atoms with E-state index in [0.717, 1.165) is 5.56 Å². The third-order valence-corrected chi connectivity index (χ3v) is 7.59. The minimum absolute atomic E-state index is 0.0299. The molecule has 0 spiro atoms. The van der Waals surface area contributed by atoms with E-state index in [1.807, 2.05) is 12.1 Å². The van der Waals surface area contributed by atoms with Gasteiger partial charge < -0.3 is 10.4 Å². The van der Waals surface area contributed by atoms with Gasteiger partial charge in [0.25, 0.3) is 0 Å². The van der Waals surface area contributed by atoms with Crippen LogP contribution in [-0.4, -0.2) is 53.8 Å². The van der Waals surface area contributed by atoms with E-state index >= 15 is 0 Å². The van der Waals surface area contributed by atoms with Gasteiger partial charge in [-0.1, -0.05) is 23.7 Å². The summed E-state index contributed by atoms with van der Waals surface area (Å²) < 4.78 is 80.8. The molecule has 2 aromatic rings. The number of piperidine rings is 2. The monoisotopic (exact) mass is 535 g/mol. The van der Waals surface area contributed by atoms with E-state index in [2.05, 4.69) is 5.32 Å². The van der Waals surface area contributed by atoms with Crippen LogP contribution in [0.5, 0.6) is 0 Å². The summed E-state index contributed by atoms with van der Waals surface area (Å²) in [5.41, 5.74) is -2.79. The number of benzene rings is 2. The zero-order valence-corrected chi connectivity index (χ0v) is 19.9. The molecule has 1 unspecified atom stereocenters. The molecule has 1 amide bonds. The van der Waals surface area contributed by atoms with Gasteiger partial charge in [-0.25, -0.2) is 4.79 Å². The number of rotatable bonds is 3. The highest BCUT2D eigenvalue weighted by Crippen LogP contribution is 2.41. The first kappa shape index (κ1) is 26.9. The van der Waals surface area contributed by atoms with Crippen molar-refractivity contribution in [3.63, 3.8) is 0 Å². The van der Waals surface area contributed by atoms with Gasteiger partial charge in [-0.15, -0.1) is 0 Å². The number of carbonyl (C=O) groups is 1. The van der Waals surface area contributed by atoms with E-state index < -0.39 is 47.1 Å². The fourth-order valence-corrected chi connectivity index (χ4v) is 5.65.